The third kappa shape index (κ3) is 5.29. The van der Waals surface area contributed by atoms with Crippen LogP contribution < -0.4 is 15.5 Å². The maximum absolute atomic E-state index is 13.1. The van der Waals surface area contributed by atoms with Crippen molar-refractivity contribution in [1.82, 2.24) is 5.32 Å². The molecule has 182 valence electrons. The molecule has 36 heavy (non-hydrogen) atoms. The van der Waals surface area contributed by atoms with Crippen molar-refractivity contribution in [3.8, 4) is 0 Å². The monoisotopic (exact) mass is 503 g/mol. The van der Waals surface area contributed by atoms with E-state index in [4.69, 9.17) is 16.3 Å². The summed E-state index contributed by atoms with van der Waals surface area (Å²) in [6.45, 7) is 2.27. The van der Waals surface area contributed by atoms with Gasteiger partial charge in [0, 0.05) is 17.8 Å². The van der Waals surface area contributed by atoms with Crippen LogP contribution in [0.4, 0.5) is 11.4 Å². The molecule has 1 aliphatic rings. The summed E-state index contributed by atoms with van der Waals surface area (Å²) in [7, 11) is 0. The Kier molecular flexibility index (Phi) is 7.46. The fourth-order valence-electron chi connectivity index (χ4n) is 3.56. The molecule has 9 heteroatoms. The molecule has 0 fully saturated rings. The van der Waals surface area contributed by atoms with Crippen LogP contribution in [0.3, 0.4) is 0 Å². The zero-order chi connectivity index (χ0) is 25.7. The van der Waals surface area contributed by atoms with E-state index in [1.54, 1.807) is 37.3 Å². The zero-order valence-corrected chi connectivity index (χ0v) is 20.0. The van der Waals surface area contributed by atoms with Crippen molar-refractivity contribution in [2.45, 2.75) is 13.5 Å². The Bertz CT molecular complexity index is 1350. The van der Waals surface area contributed by atoms with Crippen LogP contribution in [0.25, 0.3) is 0 Å². The summed E-state index contributed by atoms with van der Waals surface area (Å²) in [5.41, 5.74) is 2.16. The number of hydrogen-bond donors (Lipinski definition) is 2. The highest BCUT2D eigenvalue weighted by Crippen LogP contribution is 2.30. The molecular weight excluding hydrogens is 482 g/mol. The lowest BCUT2D eigenvalue weighted by atomic mass is 10.1. The quantitative estimate of drug-likeness (QED) is 0.352. The van der Waals surface area contributed by atoms with Gasteiger partial charge in [-0.15, -0.1) is 0 Å². The first kappa shape index (κ1) is 24.7. The third-order valence-electron chi connectivity index (χ3n) is 5.36. The normalized spacial score (nSPS) is 13.1. The summed E-state index contributed by atoms with van der Waals surface area (Å²) in [5.74, 6) is -2.20. The van der Waals surface area contributed by atoms with Gasteiger partial charge in [0.2, 0.25) is 0 Å². The van der Waals surface area contributed by atoms with Crippen molar-refractivity contribution < 1.29 is 23.9 Å². The fourth-order valence-corrected chi connectivity index (χ4v) is 3.77. The number of imide groups is 1. The second kappa shape index (κ2) is 10.9. The number of nitrogens with zero attached hydrogens (tertiary/aromatic N) is 1. The molecule has 0 saturated carbocycles. The Morgan fingerprint density at radius 1 is 0.889 bits per heavy atom. The number of hydrogen-bond acceptors (Lipinski definition) is 6. The van der Waals surface area contributed by atoms with E-state index in [-0.39, 0.29) is 34.5 Å². The molecule has 3 aromatic carbocycles. The second-order valence-electron chi connectivity index (χ2n) is 7.78. The minimum Gasteiger partial charge on any atom is -0.462 e. The Morgan fingerprint density at radius 3 is 2.31 bits per heavy atom. The lowest BCUT2D eigenvalue weighted by molar-refractivity contribution is -0.120. The number of nitrogens with one attached hydrogen (secondary N) is 2. The van der Waals surface area contributed by atoms with Crippen molar-refractivity contribution in [2.75, 3.05) is 16.8 Å². The van der Waals surface area contributed by atoms with E-state index in [1.807, 2.05) is 30.3 Å². The fraction of sp³-hybridized carbons (Fsp3) is 0.111. The highest BCUT2D eigenvalue weighted by atomic mass is 35.5. The lowest BCUT2D eigenvalue weighted by Gasteiger charge is -2.16. The molecule has 0 atom stereocenters. The van der Waals surface area contributed by atoms with Crippen LogP contribution in [-0.2, 0) is 20.9 Å². The molecule has 3 amide bonds. The molecule has 3 aromatic rings. The van der Waals surface area contributed by atoms with Crippen LogP contribution in [0.15, 0.2) is 89.6 Å². The molecule has 4 rings (SSSR count). The van der Waals surface area contributed by atoms with Crippen molar-refractivity contribution >= 4 is 46.7 Å². The van der Waals surface area contributed by atoms with Gasteiger partial charge in [0.25, 0.3) is 17.7 Å². The first-order valence-corrected chi connectivity index (χ1v) is 11.5. The topological polar surface area (TPSA) is 105 Å². The van der Waals surface area contributed by atoms with Crippen LogP contribution in [0, 0.1) is 0 Å². The van der Waals surface area contributed by atoms with Gasteiger partial charge in [-0.3, -0.25) is 14.4 Å². The molecule has 0 spiro atoms. The predicted octanol–water partition coefficient (Wildman–Crippen LogP) is 4.23. The number of carbonyl (C=O) groups is 4. The van der Waals surface area contributed by atoms with Gasteiger partial charge in [-0.05, 0) is 55.0 Å². The molecule has 0 bridgehead atoms. The summed E-state index contributed by atoms with van der Waals surface area (Å²) >= 11 is 6.20. The van der Waals surface area contributed by atoms with Crippen LogP contribution in [-0.4, -0.2) is 30.3 Å². The van der Waals surface area contributed by atoms with Gasteiger partial charge in [0.1, 0.15) is 10.7 Å². The van der Waals surface area contributed by atoms with E-state index >= 15 is 0 Å². The minimum atomic E-state index is -0.720. The van der Waals surface area contributed by atoms with Crippen molar-refractivity contribution in [3.63, 3.8) is 0 Å². The first-order valence-electron chi connectivity index (χ1n) is 11.1. The van der Waals surface area contributed by atoms with Gasteiger partial charge in [0.05, 0.1) is 17.9 Å². The van der Waals surface area contributed by atoms with E-state index in [0.29, 0.717) is 17.8 Å². The van der Waals surface area contributed by atoms with Crippen LogP contribution in [0.2, 0.25) is 0 Å². The van der Waals surface area contributed by atoms with E-state index < -0.39 is 17.8 Å². The minimum absolute atomic E-state index is 0.107. The van der Waals surface area contributed by atoms with Gasteiger partial charge >= 0.3 is 5.97 Å². The number of esters is 1. The largest absolute Gasteiger partial charge is 0.462 e. The molecule has 0 aromatic heterocycles. The number of anilines is 2. The average Bonchev–Trinajstić information content (AvgIpc) is 3.11. The molecular formula is C27H22ClN3O5. The Labute approximate surface area is 212 Å². The smallest absolute Gasteiger partial charge is 0.338 e. The van der Waals surface area contributed by atoms with E-state index in [1.165, 1.54) is 18.2 Å². The van der Waals surface area contributed by atoms with Crippen molar-refractivity contribution in [2.24, 2.45) is 0 Å². The van der Waals surface area contributed by atoms with Gasteiger partial charge in [-0.25, -0.2) is 9.69 Å². The van der Waals surface area contributed by atoms with E-state index in [0.717, 1.165) is 10.5 Å². The zero-order valence-electron chi connectivity index (χ0n) is 19.3. The first-order chi connectivity index (χ1) is 17.4. The number of carbonyl (C=O) groups excluding carboxylic acids is 4. The van der Waals surface area contributed by atoms with Gasteiger partial charge < -0.3 is 15.4 Å². The average molecular weight is 504 g/mol. The molecule has 0 aliphatic carbocycles. The molecule has 1 aliphatic heterocycles. The maximum Gasteiger partial charge on any atom is 0.338 e. The van der Waals surface area contributed by atoms with E-state index in [9.17, 15) is 19.2 Å². The molecule has 8 nitrogen and oxygen atoms in total. The Morgan fingerprint density at radius 2 is 1.61 bits per heavy atom. The number of rotatable bonds is 8. The number of ether oxygens (including phenoxy) is 1. The van der Waals surface area contributed by atoms with Gasteiger partial charge in [-0.2, -0.15) is 0 Å². The highest BCUT2D eigenvalue weighted by molar-refractivity contribution is 6.53. The maximum atomic E-state index is 13.1. The van der Waals surface area contributed by atoms with Crippen molar-refractivity contribution in [1.29, 1.82) is 0 Å². The standard InChI is InChI=1S/C27H22ClN3O5/c1-2-36-27(35)19-9-6-10-21(15-19)31-25(33)22(28)23(26(31)34)30-20-13-11-18(12-14-20)24(32)29-16-17-7-4-3-5-8-17/h3-15,30H,2,16H2,1H3,(H,29,32). The summed E-state index contributed by atoms with van der Waals surface area (Å²) < 4.78 is 4.98. The van der Waals surface area contributed by atoms with Crippen LogP contribution in [0.1, 0.15) is 33.2 Å². The second-order valence-corrected chi connectivity index (χ2v) is 8.15. The van der Waals surface area contributed by atoms with Gasteiger partial charge in [0.15, 0.2) is 0 Å². The molecule has 0 saturated heterocycles. The van der Waals surface area contributed by atoms with Crippen LogP contribution in [0.5, 0.6) is 0 Å². The number of halogens is 1. The summed E-state index contributed by atoms with van der Waals surface area (Å²) in [5, 5.41) is 5.42. The van der Waals surface area contributed by atoms with Gasteiger partial charge in [-0.1, -0.05) is 48.0 Å². The Hall–Kier alpha value is -4.43. The summed E-state index contributed by atoms with van der Waals surface area (Å²) in [6.07, 6.45) is 0. The third-order valence-corrected chi connectivity index (χ3v) is 5.71. The highest BCUT2D eigenvalue weighted by Gasteiger charge is 2.39. The predicted molar refractivity (Wildman–Crippen MR) is 135 cm³/mol. The SMILES string of the molecule is CCOC(=O)c1cccc(N2C(=O)C(Cl)=C(Nc3ccc(C(=O)NCc4ccccc4)cc3)C2=O)c1. The molecule has 2 N–H and O–H groups in total. The Balaban J connectivity index is 1.45. The molecule has 0 radical (unpaired) electrons. The molecule has 1 heterocycles. The van der Waals surface area contributed by atoms with E-state index in [2.05, 4.69) is 10.6 Å². The summed E-state index contributed by atoms with van der Waals surface area (Å²) in [4.78, 5) is 51.2. The lowest BCUT2D eigenvalue weighted by Crippen LogP contribution is -2.32. The number of amides is 3. The summed E-state index contributed by atoms with van der Waals surface area (Å²) in [6, 6.07) is 21.9. The van der Waals surface area contributed by atoms with Crippen LogP contribution >= 0.6 is 11.6 Å². The number of benzene rings is 3. The van der Waals surface area contributed by atoms with Crippen molar-refractivity contribution in [3.05, 3.63) is 106 Å². The molecule has 0 unspecified atom stereocenters.